The average Bonchev–Trinajstić information content (AvgIpc) is 2.59. The van der Waals surface area contributed by atoms with Gasteiger partial charge in [0.2, 0.25) is 0 Å². The second kappa shape index (κ2) is 11.2. The highest BCUT2D eigenvalue weighted by Crippen LogP contribution is 2.16. The molecule has 1 aromatic heterocycles. The maximum absolute atomic E-state index is 4.77. The van der Waals surface area contributed by atoms with Gasteiger partial charge in [-0.15, -0.1) is 24.0 Å². The summed E-state index contributed by atoms with van der Waals surface area (Å²) < 4.78 is 0. The zero-order chi connectivity index (χ0) is 16.5. The molecule has 2 aromatic rings. The maximum atomic E-state index is 4.77. The number of pyridine rings is 1. The minimum absolute atomic E-state index is 0. The number of unbranched alkanes of at least 4 members (excludes halogenated alkanes) is 1. The summed E-state index contributed by atoms with van der Waals surface area (Å²) in [5, 5.41) is 4.57. The van der Waals surface area contributed by atoms with Crippen LogP contribution in [0, 0.1) is 0 Å². The molecule has 1 N–H and O–H groups in total. The highest BCUT2D eigenvalue weighted by atomic mass is 127. The molecule has 132 valence electrons. The van der Waals surface area contributed by atoms with Crippen LogP contribution >= 0.6 is 24.0 Å². The number of fused-ring (bicyclic) bond motifs is 1. The molecule has 0 fully saturated rings. The van der Waals surface area contributed by atoms with Crippen LogP contribution in [0.5, 0.6) is 0 Å². The summed E-state index contributed by atoms with van der Waals surface area (Å²) in [6, 6.07) is 10.5. The number of para-hydroxylation sites is 1. The summed E-state index contributed by atoms with van der Waals surface area (Å²) in [6.45, 7) is 7.03. The molecule has 0 atom stereocenters. The number of guanidine groups is 1. The van der Waals surface area contributed by atoms with E-state index in [2.05, 4.69) is 60.4 Å². The molecule has 0 aliphatic carbocycles. The number of rotatable bonds is 7. The Morgan fingerprint density at radius 2 is 2.00 bits per heavy atom. The molecule has 0 saturated heterocycles. The molecular formula is C19H29IN4. The van der Waals surface area contributed by atoms with Crippen molar-refractivity contribution >= 4 is 40.8 Å². The van der Waals surface area contributed by atoms with E-state index in [0.717, 1.165) is 37.5 Å². The smallest absolute Gasteiger partial charge is 0.193 e. The number of halogens is 1. The van der Waals surface area contributed by atoms with Crippen molar-refractivity contribution in [1.29, 1.82) is 0 Å². The first-order valence-electron chi connectivity index (χ1n) is 8.58. The minimum Gasteiger partial charge on any atom is -0.357 e. The van der Waals surface area contributed by atoms with E-state index < -0.39 is 0 Å². The molecule has 1 aromatic carbocycles. The van der Waals surface area contributed by atoms with Gasteiger partial charge in [0.05, 0.1) is 5.52 Å². The lowest BCUT2D eigenvalue weighted by atomic mass is 10.1. The summed E-state index contributed by atoms with van der Waals surface area (Å²) in [4.78, 5) is 11.5. The van der Waals surface area contributed by atoms with Crippen LogP contribution in [0.15, 0.2) is 41.5 Å². The SMILES string of the molecule is CCCCN(C)C(=NCCc1cccc2cccnc12)NCC.I. The van der Waals surface area contributed by atoms with Crippen molar-refractivity contribution < 1.29 is 0 Å². The van der Waals surface area contributed by atoms with E-state index in [4.69, 9.17) is 4.99 Å². The predicted molar refractivity (Wildman–Crippen MR) is 114 cm³/mol. The largest absolute Gasteiger partial charge is 0.357 e. The van der Waals surface area contributed by atoms with Crippen LogP contribution in [-0.2, 0) is 6.42 Å². The molecule has 2 rings (SSSR count). The van der Waals surface area contributed by atoms with Crippen LogP contribution in [0.2, 0.25) is 0 Å². The van der Waals surface area contributed by atoms with Gasteiger partial charge in [-0.2, -0.15) is 0 Å². The van der Waals surface area contributed by atoms with Gasteiger partial charge in [0.25, 0.3) is 0 Å². The summed E-state index contributed by atoms with van der Waals surface area (Å²) in [5.41, 5.74) is 2.36. The average molecular weight is 440 g/mol. The second-order valence-electron chi connectivity index (χ2n) is 5.75. The van der Waals surface area contributed by atoms with Gasteiger partial charge < -0.3 is 10.2 Å². The van der Waals surface area contributed by atoms with E-state index in [9.17, 15) is 0 Å². The standard InChI is InChI=1S/C19H28N4.HI/c1-4-6-15-23(3)19(20-5-2)22-14-12-17-10-7-9-16-11-8-13-21-18(16)17;/h7-11,13H,4-6,12,14-15H2,1-3H3,(H,20,22);1H. The summed E-state index contributed by atoms with van der Waals surface area (Å²) in [6.07, 6.45) is 5.15. The van der Waals surface area contributed by atoms with Gasteiger partial charge >= 0.3 is 0 Å². The lowest BCUT2D eigenvalue weighted by Gasteiger charge is -2.21. The van der Waals surface area contributed by atoms with Gasteiger partial charge in [-0.25, -0.2) is 0 Å². The molecule has 0 radical (unpaired) electrons. The van der Waals surface area contributed by atoms with Crippen molar-refractivity contribution in [2.45, 2.75) is 33.1 Å². The number of aromatic nitrogens is 1. The fourth-order valence-electron chi connectivity index (χ4n) is 2.62. The molecular weight excluding hydrogens is 411 g/mol. The Balaban J connectivity index is 0.00000288. The maximum Gasteiger partial charge on any atom is 0.193 e. The van der Waals surface area contributed by atoms with Gasteiger partial charge in [-0.3, -0.25) is 9.98 Å². The lowest BCUT2D eigenvalue weighted by molar-refractivity contribution is 0.465. The molecule has 0 amide bonds. The topological polar surface area (TPSA) is 40.5 Å². The predicted octanol–water partition coefficient (Wildman–Crippen LogP) is 4.09. The van der Waals surface area contributed by atoms with Crippen LogP contribution in [0.3, 0.4) is 0 Å². The monoisotopic (exact) mass is 440 g/mol. The Hall–Kier alpha value is -1.37. The van der Waals surface area contributed by atoms with Gasteiger partial charge in [-0.05, 0) is 31.4 Å². The van der Waals surface area contributed by atoms with Crippen molar-refractivity contribution in [2.24, 2.45) is 4.99 Å². The summed E-state index contributed by atoms with van der Waals surface area (Å²) >= 11 is 0. The van der Waals surface area contributed by atoms with Crippen LogP contribution in [0.25, 0.3) is 10.9 Å². The summed E-state index contributed by atoms with van der Waals surface area (Å²) in [5.74, 6) is 0.995. The third kappa shape index (κ3) is 5.92. The molecule has 4 nitrogen and oxygen atoms in total. The van der Waals surface area contributed by atoms with E-state index in [1.807, 2.05) is 12.3 Å². The number of aliphatic imine (C=N–C) groups is 1. The van der Waals surface area contributed by atoms with Crippen molar-refractivity contribution in [3.63, 3.8) is 0 Å². The second-order valence-corrected chi connectivity index (χ2v) is 5.75. The fraction of sp³-hybridized carbons (Fsp3) is 0.474. The van der Waals surface area contributed by atoms with Crippen LogP contribution < -0.4 is 5.32 Å². The third-order valence-electron chi connectivity index (χ3n) is 3.90. The Labute approximate surface area is 162 Å². The molecule has 0 spiro atoms. The van der Waals surface area contributed by atoms with Gasteiger partial charge in [0.1, 0.15) is 0 Å². The third-order valence-corrected chi connectivity index (χ3v) is 3.90. The highest BCUT2D eigenvalue weighted by Gasteiger charge is 2.05. The molecule has 0 bridgehead atoms. The Kier molecular flexibility index (Phi) is 9.67. The Morgan fingerprint density at radius 1 is 1.21 bits per heavy atom. The van der Waals surface area contributed by atoms with E-state index in [1.165, 1.54) is 23.8 Å². The van der Waals surface area contributed by atoms with Crippen molar-refractivity contribution in [3.05, 3.63) is 42.1 Å². The number of benzene rings is 1. The van der Waals surface area contributed by atoms with E-state index >= 15 is 0 Å². The number of nitrogens with zero attached hydrogens (tertiary/aromatic N) is 3. The zero-order valence-corrected chi connectivity index (χ0v) is 17.3. The summed E-state index contributed by atoms with van der Waals surface area (Å²) in [7, 11) is 2.11. The van der Waals surface area contributed by atoms with Crippen LogP contribution in [0.4, 0.5) is 0 Å². The molecule has 24 heavy (non-hydrogen) atoms. The van der Waals surface area contributed by atoms with E-state index in [0.29, 0.717) is 0 Å². The Bertz CT molecular complexity index is 637. The normalized spacial score (nSPS) is 11.2. The van der Waals surface area contributed by atoms with Crippen molar-refractivity contribution in [1.82, 2.24) is 15.2 Å². The molecule has 0 aliphatic rings. The van der Waals surface area contributed by atoms with E-state index in [-0.39, 0.29) is 24.0 Å². The zero-order valence-electron chi connectivity index (χ0n) is 15.0. The van der Waals surface area contributed by atoms with Crippen molar-refractivity contribution in [3.8, 4) is 0 Å². The molecule has 0 unspecified atom stereocenters. The fourth-order valence-corrected chi connectivity index (χ4v) is 2.62. The minimum atomic E-state index is 0. The van der Waals surface area contributed by atoms with Gasteiger partial charge in [0, 0.05) is 38.3 Å². The first kappa shape index (κ1) is 20.7. The van der Waals surface area contributed by atoms with Crippen LogP contribution in [-0.4, -0.2) is 42.5 Å². The molecule has 5 heteroatoms. The van der Waals surface area contributed by atoms with Gasteiger partial charge in [0.15, 0.2) is 5.96 Å². The number of hydrogen-bond acceptors (Lipinski definition) is 2. The lowest BCUT2D eigenvalue weighted by Crippen LogP contribution is -2.39. The number of hydrogen-bond donors (Lipinski definition) is 1. The van der Waals surface area contributed by atoms with E-state index in [1.54, 1.807) is 0 Å². The first-order chi connectivity index (χ1) is 11.3. The van der Waals surface area contributed by atoms with Crippen LogP contribution in [0.1, 0.15) is 32.3 Å². The molecule has 1 heterocycles. The van der Waals surface area contributed by atoms with Crippen molar-refractivity contribution in [2.75, 3.05) is 26.7 Å². The highest BCUT2D eigenvalue weighted by molar-refractivity contribution is 14.0. The quantitative estimate of drug-likeness (QED) is 0.401. The molecule has 0 saturated carbocycles. The molecule has 0 aliphatic heterocycles. The van der Waals surface area contributed by atoms with Gasteiger partial charge in [-0.1, -0.05) is 37.6 Å². The number of nitrogens with one attached hydrogen (secondary N) is 1. The first-order valence-corrected chi connectivity index (χ1v) is 8.58. The Morgan fingerprint density at radius 3 is 2.75 bits per heavy atom.